The van der Waals surface area contributed by atoms with Gasteiger partial charge in [-0.25, -0.2) is 0 Å². The zero-order chi connectivity index (χ0) is 17.3. The summed E-state index contributed by atoms with van der Waals surface area (Å²) in [5.74, 6) is 1.74. The molecule has 3 rings (SSSR count). The van der Waals surface area contributed by atoms with Crippen molar-refractivity contribution < 1.29 is 9.21 Å². The monoisotopic (exact) mass is 329 g/mol. The molecule has 24 heavy (non-hydrogen) atoms. The van der Waals surface area contributed by atoms with E-state index in [-0.39, 0.29) is 11.9 Å². The molecule has 130 valence electrons. The summed E-state index contributed by atoms with van der Waals surface area (Å²) in [6, 6.07) is 3.96. The molecular formula is C19H27N3O2. The molecular weight excluding hydrogens is 302 g/mol. The number of hydrogen-bond acceptors (Lipinski definition) is 3. The van der Waals surface area contributed by atoms with E-state index in [0.29, 0.717) is 12.3 Å². The van der Waals surface area contributed by atoms with Gasteiger partial charge in [0.1, 0.15) is 5.76 Å². The molecule has 1 amide bonds. The van der Waals surface area contributed by atoms with Crippen molar-refractivity contribution in [3.8, 4) is 0 Å². The highest BCUT2D eigenvalue weighted by molar-refractivity contribution is 5.77. The summed E-state index contributed by atoms with van der Waals surface area (Å²) in [6.07, 6.45) is 5.01. The average molecular weight is 329 g/mol. The molecule has 0 aromatic carbocycles. The first kappa shape index (κ1) is 16.8. The molecule has 0 aliphatic carbocycles. The highest BCUT2D eigenvalue weighted by atomic mass is 16.3. The maximum Gasteiger partial charge on any atom is 0.223 e. The van der Waals surface area contributed by atoms with E-state index < -0.39 is 0 Å². The topological polar surface area (TPSA) is 51.3 Å². The fourth-order valence-electron chi connectivity index (χ4n) is 3.75. The van der Waals surface area contributed by atoms with E-state index in [0.717, 1.165) is 43.0 Å². The van der Waals surface area contributed by atoms with Crippen molar-refractivity contribution >= 4 is 5.91 Å². The molecule has 0 bridgehead atoms. The van der Waals surface area contributed by atoms with Crippen LogP contribution < -0.4 is 0 Å². The van der Waals surface area contributed by atoms with Crippen LogP contribution in [0.25, 0.3) is 0 Å². The predicted molar refractivity (Wildman–Crippen MR) is 92.6 cm³/mol. The van der Waals surface area contributed by atoms with Gasteiger partial charge in [-0.15, -0.1) is 0 Å². The van der Waals surface area contributed by atoms with Gasteiger partial charge < -0.3 is 9.32 Å². The number of furan rings is 1. The Bertz CT molecular complexity index is 703. The van der Waals surface area contributed by atoms with Gasteiger partial charge in [-0.2, -0.15) is 5.10 Å². The van der Waals surface area contributed by atoms with Crippen molar-refractivity contribution in [1.82, 2.24) is 14.7 Å². The lowest BCUT2D eigenvalue weighted by Crippen LogP contribution is -2.40. The SMILES string of the molecule is Cc1nn(C)c(C)c1CCC(=O)N1CC[C@@H](C)C[C@@H]1c1ccco1. The van der Waals surface area contributed by atoms with Gasteiger partial charge in [-0.05, 0) is 56.7 Å². The number of aryl methyl sites for hydroxylation is 2. The van der Waals surface area contributed by atoms with Crippen molar-refractivity contribution in [2.45, 2.75) is 52.5 Å². The van der Waals surface area contributed by atoms with E-state index in [1.165, 1.54) is 5.56 Å². The fraction of sp³-hybridized carbons (Fsp3) is 0.579. The Morgan fingerprint density at radius 3 is 2.83 bits per heavy atom. The molecule has 1 aliphatic heterocycles. The molecule has 2 aromatic rings. The molecule has 0 radical (unpaired) electrons. The van der Waals surface area contributed by atoms with Crippen molar-refractivity contribution in [2.75, 3.05) is 6.54 Å². The molecule has 1 saturated heterocycles. The minimum atomic E-state index is 0.0762. The minimum Gasteiger partial charge on any atom is -0.467 e. The minimum absolute atomic E-state index is 0.0762. The van der Waals surface area contributed by atoms with Crippen LogP contribution in [0.4, 0.5) is 0 Å². The Kier molecular flexibility index (Phi) is 4.78. The van der Waals surface area contributed by atoms with Crippen LogP contribution >= 0.6 is 0 Å². The first-order valence-electron chi connectivity index (χ1n) is 8.79. The molecule has 2 aromatic heterocycles. The highest BCUT2D eigenvalue weighted by Gasteiger charge is 2.32. The Hall–Kier alpha value is -2.04. The molecule has 5 heteroatoms. The van der Waals surface area contributed by atoms with Crippen LogP contribution in [0, 0.1) is 19.8 Å². The largest absolute Gasteiger partial charge is 0.467 e. The Balaban J connectivity index is 1.71. The van der Waals surface area contributed by atoms with Crippen molar-refractivity contribution in [3.63, 3.8) is 0 Å². The van der Waals surface area contributed by atoms with Crippen LogP contribution in [-0.2, 0) is 18.3 Å². The van der Waals surface area contributed by atoms with E-state index in [4.69, 9.17) is 4.42 Å². The van der Waals surface area contributed by atoms with Crippen LogP contribution in [0.1, 0.15) is 54.9 Å². The second kappa shape index (κ2) is 6.83. The lowest BCUT2D eigenvalue weighted by molar-refractivity contribution is -0.136. The summed E-state index contributed by atoms with van der Waals surface area (Å²) >= 11 is 0. The van der Waals surface area contributed by atoms with Gasteiger partial charge in [-0.1, -0.05) is 6.92 Å². The number of hydrogen-bond donors (Lipinski definition) is 0. The van der Waals surface area contributed by atoms with Gasteiger partial charge in [-0.3, -0.25) is 9.48 Å². The molecule has 0 unspecified atom stereocenters. The number of nitrogens with zero attached hydrogens (tertiary/aromatic N) is 3. The second-order valence-corrected chi connectivity index (χ2v) is 7.02. The maximum atomic E-state index is 12.9. The first-order valence-corrected chi connectivity index (χ1v) is 8.79. The number of amides is 1. The van der Waals surface area contributed by atoms with Crippen molar-refractivity contribution in [3.05, 3.63) is 41.1 Å². The van der Waals surface area contributed by atoms with Gasteiger partial charge in [0.25, 0.3) is 0 Å². The third kappa shape index (κ3) is 3.25. The Labute approximate surface area is 143 Å². The lowest BCUT2D eigenvalue weighted by atomic mass is 9.90. The van der Waals surface area contributed by atoms with Crippen LogP contribution in [0.2, 0.25) is 0 Å². The van der Waals surface area contributed by atoms with Gasteiger partial charge in [0.05, 0.1) is 18.0 Å². The lowest BCUT2D eigenvalue weighted by Gasteiger charge is -2.37. The van der Waals surface area contributed by atoms with E-state index in [1.807, 2.05) is 35.7 Å². The fourth-order valence-corrected chi connectivity index (χ4v) is 3.75. The Morgan fingerprint density at radius 1 is 1.42 bits per heavy atom. The number of piperidine rings is 1. The molecule has 0 N–H and O–H groups in total. The molecule has 5 nitrogen and oxygen atoms in total. The number of likely N-dealkylation sites (tertiary alicyclic amines) is 1. The van der Waals surface area contributed by atoms with Gasteiger partial charge in [0, 0.05) is 25.7 Å². The van der Waals surface area contributed by atoms with Crippen LogP contribution in [0.3, 0.4) is 0 Å². The van der Waals surface area contributed by atoms with Crippen LogP contribution in [0.15, 0.2) is 22.8 Å². The normalized spacial score (nSPS) is 21.2. The standard InChI is InChI=1S/C19H27N3O2/c1-13-9-10-22(17(12-13)18-6-5-11-24-18)19(23)8-7-16-14(2)20-21(4)15(16)3/h5-6,11,13,17H,7-10,12H2,1-4H3/t13-,17-/m1/s1. The van der Waals surface area contributed by atoms with Gasteiger partial charge in [0.15, 0.2) is 0 Å². The summed E-state index contributed by atoms with van der Waals surface area (Å²) in [6.45, 7) is 7.14. The predicted octanol–water partition coefficient (Wildman–Crippen LogP) is 3.56. The maximum absolute atomic E-state index is 12.9. The number of aromatic nitrogens is 2. The summed E-state index contributed by atoms with van der Waals surface area (Å²) in [5, 5.41) is 4.44. The van der Waals surface area contributed by atoms with E-state index in [2.05, 4.69) is 18.9 Å². The molecule has 1 aliphatic rings. The van der Waals surface area contributed by atoms with Gasteiger partial charge in [0.2, 0.25) is 5.91 Å². The number of carbonyl (C=O) groups excluding carboxylic acids is 1. The molecule has 1 fully saturated rings. The molecule has 2 atom stereocenters. The highest BCUT2D eigenvalue weighted by Crippen LogP contribution is 2.34. The molecule has 0 spiro atoms. The van der Waals surface area contributed by atoms with E-state index in [1.54, 1.807) is 6.26 Å². The van der Waals surface area contributed by atoms with Crippen molar-refractivity contribution in [2.24, 2.45) is 13.0 Å². The molecule has 0 saturated carbocycles. The zero-order valence-corrected chi connectivity index (χ0v) is 15.1. The van der Waals surface area contributed by atoms with E-state index >= 15 is 0 Å². The Morgan fingerprint density at radius 2 is 2.21 bits per heavy atom. The summed E-state index contributed by atoms with van der Waals surface area (Å²) in [5.41, 5.74) is 3.37. The third-order valence-electron chi connectivity index (χ3n) is 5.30. The first-order chi connectivity index (χ1) is 11.5. The second-order valence-electron chi connectivity index (χ2n) is 7.02. The van der Waals surface area contributed by atoms with Crippen LogP contribution in [-0.4, -0.2) is 27.1 Å². The van der Waals surface area contributed by atoms with Gasteiger partial charge >= 0.3 is 0 Å². The van der Waals surface area contributed by atoms with Crippen molar-refractivity contribution in [1.29, 1.82) is 0 Å². The quantitative estimate of drug-likeness (QED) is 0.862. The van der Waals surface area contributed by atoms with Crippen LogP contribution in [0.5, 0.6) is 0 Å². The smallest absolute Gasteiger partial charge is 0.223 e. The zero-order valence-electron chi connectivity index (χ0n) is 15.1. The number of carbonyl (C=O) groups is 1. The van der Waals surface area contributed by atoms with E-state index in [9.17, 15) is 4.79 Å². The number of rotatable bonds is 4. The summed E-state index contributed by atoms with van der Waals surface area (Å²) < 4.78 is 7.49. The summed E-state index contributed by atoms with van der Waals surface area (Å²) in [7, 11) is 1.95. The summed E-state index contributed by atoms with van der Waals surface area (Å²) in [4.78, 5) is 14.9. The average Bonchev–Trinajstić information content (AvgIpc) is 3.15. The molecule has 3 heterocycles. The third-order valence-corrected chi connectivity index (χ3v) is 5.30.